The van der Waals surface area contributed by atoms with Crippen LogP contribution in [0.2, 0.25) is 0 Å². The van der Waals surface area contributed by atoms with Crippen molar-refractivity contribution in [2.75, 3.05) is 13.1 Å². The van der Waals surface area contributed by atoms with Crippen LogP contribution in [0.15, 0.2) is 119 Å². The Labute approximate surface area is 316 Å². The molecule has 1 aromatic heterocycles. The zero-order chi connectivity index (χ0) is 38.1. The van der Waals surface area contributed by atoms with Crippen LogP contribution in [0.5, 0.6) is 0 Å². The Morgan fingerprint density at radius 1 is 0.566 bits per heavy atom. The van der Waals surface area contributed by atoms with Crippen LogP contribution in [-0.2, 0) is 33.1 Å². The van der Waals surface area contributed by atoms with Gasteiger partial charge >= 0.3 is 0 Å². The highest BCUT2D eigenvalue weighted by atomic mass is 32.2. The Bertz CT molecular complexity index is 2140. The van der Waals surface area contributed by atoms with E-state index in [9.17, 15) is 16.8 Å². The molecule has 1 aliphatic heterocycles. The molecule has 2 bridgehead atoms. The normalized spacial score (nSPS) is 19.3. The lowest BCUT2D eigenvalue weighted by atomic mass is 9.95. The minimum absolute atomic E-state index is 0.0434. The maximum atomic E-state index is 14.8. The molecule has 0 amide bonds. The average molecular weight is 753 g/mol. The Hall–Kier alpha value is -3.93. The maximum absolute atomic E-state index is 14.8. The van der Waals surface area contributed by atoms with Crippen molar-refractivity contribution in [3.05, 3.63) is 137 Å². The lowest BCUT2D eigenvalue weighted by Crippen LogP contribution is -2.54. The number of hydrogen-bond donors (Lipinski definition) is 0. The number of aryl methyl sites for hydroxylation is 2. The summed E-state index contributed by atoms with van der Waals surface area (Å²) < 4.78 is 62.4. The lowest BCUT2D eigenvalue weighted by Gasteiger charge is -2.43. The minimum atomic E-state index is -3.98. The number of pyridine rings is 1. The molecular formula is C43H52N4O4S2. The molecule has 10 heteroatoms. The maximum Gasteiger partial charge on any atom is 0.243 e. The third kappa shape index (κ3) is 8.27. The van der Waals surface area contributed by atoms with Crippen molar-refractivity contribution in [3.63, 3.8) is 0 Å². The van der Waals surface area contributed by atoms with Crippen molar-refractivity contribution in [3.8, 4) is 0 Å². The van der Waals surface area contributed by atoms with Gasteiger partial charge in [-0.25, -0.2) is 16.8 Å². The fourth-order valence-electron chi connectivity index (χ4n) is 7.43. The van der Waals surface area contributed by atoms with E-state index in [1.807, 2.05) is 68.4 Å². The van der Waals surface area contributed by atoms with Crippen LogP contribution in [0, 0.1) is 25.7 Å². The first kappa shape index (κ1) is 38.8. The van der Waals surface area contributed by atoms with Gasteiger partial charge in [0.2, 0.25) is 20.0 Å². The molecule has 0 N–H and O–H groups in total. The molecule has 0 spiro atoms. The van der Waals surface area contributed by atoms with E-state index in [1.54, 1.807) is 32.9 Å². The van der Waals surface area contributed by atoms with E-state index in [4.69, 9.17) is 4.98 Å². The third-order valence-corrected chi connectivity index (χ3v) is 14.5. The van der Waals surface area contributed by atoms with Gasteiger partial charge in [0, 0.05) is 31.2 Å². The number of aromatic nitrogens is 1. The topological polar surface area (TPSA) is 90.9 Å². The van der Waals surface area contributed by atoms with Crippen molar-refractivity contribution >= 4 is 30.8 Å². The second-order valence-corrected chi connectivity index (χ2v) is 18.9. The van der Waals surface area contributed by atoms with E-state index in [-0.39, 0.29) is 40.8 Å². The second kappa shape index (κ2) is 15.8. The fourth-order valence-corrected chi connectivity index (χ4v) is 10.9. The zero-order valence-corrected chi connectivity index (χ0v) is 33.5. The average Bonchev–Trinajstić information content (AvgIpc) is 3.12. The van der Waals surface area contributed by atoms with E-state index in [0.717, 1.165) is 27.5 Å². The Morgan fingerprint density at radius 3 is 1.47 bits per heavy atom. The highest BCUT2D eigenvalue weighted by molar-refractivity contribution is 7.89. The first-order valence-corrected chi connectivity index (χ1v) is 21.4. The molecule has 6 rings (SSSR count). The van der Waals surface area contributed by atoms with Crippen LogP contribution in [0.1, 0.15) is 68.7 Å². The quantitative estimate of drug-likeness (QED) is 0.158. The molecule has 0 radical (unpaired) electrons. The molecule has 0 saturated heterocycles. The Morgan fingerprint density at radius 2 is 1.00 bits per heavy atom. The molecule has 0 fully saturated rings. The summed E-state index contributed by atoms with van der Waals surface area (Å²) in [7, 11) is -7.97. The van der Waals surface area contributed by atoms with Crippen molar-refractivity contribution in [2.45, 2.75) is 89.5 Å². The van der Waals surface area contributed by atoms with Crippen LogP contribution in [0.3, 0.4) is 0 Å². The predicted molar refractivity (Wildman–Crippen MR) is 213 cm³/mol. The van der Waals surface area contributed by atoms with E-state index >= 15 is 0 Å². The number of fused-ring (bicyclic) bond motifs is 3. The molecule has 3 atom stereocenters. The van der Waals surface area contributed by atoms with Gasteiger partial charge in [-0.05, 0) is 85.3 Å². The van der Waals surface area contributed by atoms with Crippen molar-refractivity contribution in [2.24, 2.45) is 11.8 Å². The Kier molecular flexibility index (Phi) is 11.6. The van der Waals surface area contributed by atoms with Crippen LogP contribution >= 0.6 is 0 Å². The van der Waals surface area contributed by atoms with E-state index in [0.29, 0.717) is 24.5 Å². The van der Waals surface area contributed by atoms with Gasteiger partial charge in [-0.15, -0.1) is 0 Å². The summed E-state index contributed by atoms with van der Waals surface area (Å²) in [4.78, 5) is 7.74. The summed E-state index contributed by atoms with van der Waals surface area (Å²) in [5.74, 6) is -0.179. The van der Waals surface area contributed by atoms with E-state index in [2.05, 4.69) is 69.9 Å². The van der Waals surface area contributed by atoms with Crippen LogP contribution in [0.4, 0.5) is 0 Å². The van der Waals surface area contributed by atoms with Gasteiger partial charge in [-0.3, -0.25) is 9.88 Å². The van der Waals surface area contributed by atoms with E-state index < -0.39 is 32.1 Å². The monoisotopic (exact) mass is 752 g/mol. The van der Waals surface area contributed by atoms with Crippen molar-refractivity contribution in [1.82, 2.24) is 18.5 Å². The molecule has 1 aliphatic rings. The molecule has 53 heavy (non-hydrogen) atoms. The lowest BCUT2D eigenvalue weighted by molar-refractivity contribution is 0.0917. The summed E-state index contributed by atoms with van der Waals surface area (Å²) in [6, 6.07) is 33.0. The van der Waals surface area contributed by atoms with Crippen molar-refractivity contribution in [1.29, 1.82) is 0 Å². The standard InChI is InChI=1S/C43H52N4O4S2/c1-30(2)42-28-45(34(7)40-17-10-13-35-12-8-9-16-41(35)40)29-43(31(3)4)47(53(50,51)39-24-20-33(6)21-25-39)27-37-15-11-14-36(44-37)26-46(42)52(48,49)38-22-18-32(5)19-23-38/h8-25,30-31,34,42-43H,26-29H2,1-7H3/t34-,42+,43+/m0/s1. The zero-order valence-electron chi connectivity index (χ0n) is 31.8. The largest absolute Gasteiger partial charge is 0.293 e. The second-order valence-electron chi connectivity index (χ2n) is 15.2. The summed E-state index contributed by atoms with van der Waals surface area (Å²) >= 11 is 0. The molecule has 280 valence electrons. The summed E-state index contributed by atoms with van der Waals surface area (Å²) in [5.41, 5.74) is 4.19. The predicted octanol–water partition coefficient (Wildman–Crippen LogP) is 8.36. The smallest absolute Gasteiger partial charge is 0.243 e. The molecule has 4 aromatic carbocycles. The van der Waals surface area contributed by atoms with Gasteiger partial charge in [0.05, 0.1) is 34.3 Å². The van der Waals surface area contributed by atoms with Crippen LogP contribution in [0.25, 0.3) is 10.8 Å². The van der Waals surface area contributed by atoms with Gasteiger partial charge < -0.3 is 0 Å². The Balaban J connectivity index is 1.57. The molecule has 5 aromatic rings. The van der Waals surface area contributed by atoms with Gasteiger partial charge in [-0.2, -0.15) is 8.61 Å². The SMILES string of the molecule is Cc1ccc(S(=O)(=O)N2Cc3cccc(n3)CN(S(=O)(=O)c3ccc(C)cc3)[C@@H](C(C)C)CN([C@@H](C)c3cccc4ccccc34)C[C@@H]2C(C)C)cc1. The first-order valence-electron chi connectivity index (χ1n) is 18.5. The van der Waals surface area contributed by atoms with Gasteiger partial charge in [0.15, 0.2) is 0 Å². The van der Waals surface area contributed by atoms with E-state index in [1.165, 1.54) is 0 Å². The number of sulfonamides is 2. The summed E-state index contributed by atoms with van der Waals surface area (Å²) in [5, 5.41) is 2.23. The van der Waals surface area contributed by atoms with Gasteiger partial charge in [0.1, 0.15) is 0 Å². The summed E-state index contributed by atoms with van der Waals surface area (Å²) in [6.07, 6.45) is 0. The van der Waals surface area contributed by atoms with Gasteiger partial charge in [0.25, 0.3) is 0 Å². The molecule has 0 saturated carbocycles. The van der Waals surface area contributed by atoms with Gasteiger partial charge in [-0.1, -0.05) is 112 Å². The molecule has 0 aliphatic carbocycles. The summed E-state index contributed by atoms with van der Waals surface area (Å²) in [6.45, 7) is 15.1. The number of nitrogens with zero attached hydrogens (tertiary/aromatic N) is 4. The highest BCUT2D eigenvalue weighted by Gasteiger charge is 2.40. The number of benzene rings is 4. The first-order chi connectivity index (χ1) is 25.2. The number of hydrogen-bond acceptors (Lipinski definition) is 6. The fraction of sp³-hybridized carbons (Fsp3) is 0.372. The van der Waals surface area contributed by atoms with Crippen LogP contribution in [-0.4, -0.2) is 60.5 Å². The third-order valence-electron chi connectivity index (χ3n) is 10.7. The van der Waals surface area contributed by atoms with Crippen LogP contribution < -0.4 is 0 Å². The molecule has 2 heterocycles. The minimum Gasteiger partial charge on any atom is -0.293 e. The highest BCUT2D eigenvalue weighted by Crippen LogP contribution is 2.34. The molecule has 8 nitrogen and oxygen atoms in total. The number of rotatable bonds is 8. The van der Waals surface area contributed by atoms with Crippen molar-refractivity contribution < 1.29 is 16.8 Å². The molecular weight excluding hydrogens is 701 g/mol. The molecule has 0 unspecified atom stereocenters.